The molecule has 90 heavy (non-hydrogen) atoms. The summed E-state index contributed by atoms with van der Waals surface area (Å²) in [5.74, 6) is -0.641. The monoisotopic (exact) mass is 1320 g/mol. The van der Waals surface area contributed by atoms with Crippen molar-refractivity contribution in [2.45, 2.75) is 381 Å². The molecule has 0 aliphatic rings. The average molecular weight is 1330 g/mol. The number of unbranched alkanes of at least 4 members (excludes halogenated alkanes) is 40. The van der Waals surface area contributed by atoms with Gasteiger partial charge in [-0.25, -0.2) is 9.13 Å². The Morgan fingerprint density at radius 3 is 0.756 bits per heavy atom. The molecule has 0 aromatic carbocycles. The molecule has 0 aliphatic heterocycles. The maximum Gasteiger partial charge on any atom is 0.472 e. The Morgan fingerprint density at radius 1 is 0.300 bits per heavy atom. The summed E-state index contributed by atoms with van der Waals surface area (Å²) in [5.41, 5.74) is 0. The van der Waals surface area contributed by atoms with Crippen molar-refractivity contribution in [3.8, 4) is 0 Å². The molecule has 0 radical (unpaired) electrons. The van der Waals surface area contributed by atoms with E-state index in [-0.39, 0.29) is 25.7 Å². The van der Waals surface area contributed by atoms with E-state index in [1.54, 1.807) is 0 Å². The summed E-state index contributed by atoms with van der Waals surface area (Å²) in [6, 6.07) is 0. The van der Waals surface area contributed by atoms with E-state index in [9.17, 15) is 43.2 Å². The Morgan fingerprint density at radius 2 is 0.511 bits per heavy atom. The zero-order chi connectivity index (χ0) is 66.5. The molecular formula is C71H138O17P2. The minimum absolute atomic E-state index is 0.106. The standard InChI is InChI=1S/C71H138O17P2/c1-7-9-11-13-15-17-19-21-22-24-30-37-43-49-55-70(75)87-66(60-82-69(74)54-48-42-36-31-25-27-33-39-45-51-63(3)4)61-85-89(77,78)83-57-65(72)58-84-90(79,80)86-62-67(88-71(76)56-50-44-38-32-26-28-34-40-46-52-64(5)6)59-81-68(73)53-47-41-35-29-23-20-18-16-14-12-10-8-2/h63-67,72H,7-62H2,1-6H3,(H,77,78)(H,79,80)/t65-,66-,67-/m1/s1. The van der Waals surface area contributed by atoms with E-state index in [0.29, 0.717) is 25.7 Å². The minimum Gasteiger partial charge on any atom is -0.462 e. The van der Waals surface area contributed by atoms with Gasteiger partial charge in [0.05, 0.1) is 26.4 Å². The quantitative estimate of drug-likeness (QED) is 0.0222. The molecule has 0 amide bonds. The molecule has 0 aromatic rings. The molecule has 0 aliphatic carbocycles. The van der Waals surface area contributed by atoms with Gasteiger partial charge in [-0.3, -0.25) is 37.3 Å². The number of hydrogen-bond acceptors (Lipinski definition) is 15. The predicted molar refractivity (Wildman–Crippen MR) is 363 cm³/mol. The molecule has 17 nitrogen and oxygen atoms in total. The van der Waals surface area contributed by atoms with E-state index in [1.165, 1.54) is 180 Å². The van der Waals surface area contributed by atoms with Crippen LogP contribution in [0.4, 0.5) is 0 Å². The first-order chi connectivity index (χ1) is 43.4. The predicted octanol–water partition coefficient (Wildman–Crippen LogP) is 20.4. The van der Waals surface area contributed by atoms with Gasteiger partial charge >= 0.3 is 39.5 Å². The first-order valence-corrected chi connectivity index (χ1v) is 40.0. The van der Waals surface area contributed by atoms with Crippen LogP contribution in [0.2, 0.25) is 0 Å². The van der Waals surface area contributed by atoms with Gasteiger partial charge in [-0.05, 0) is 37.5 Å². The van der Waals surface area contributed by atoms with Crippen LogP contribution >= 0.6 is 15.6 Å². The fraction of sp³-hybridized carbons (Fsp3) is 0.944. The lowest BCUT2D eigenvalue weighted by molar-refractivity contribution is -0.161. The summed E-state index contributed by atoms with van der Waals surface area (Å²) >= 11 is 0. The van der Waals surface area contributed by atoms with Crippen molar-refractivity contribution in [1.82, 2.24) is 0 Å². The molecular weight excluding hydrogens is 1190 g/mol. The molecule has 0 heterocycles. The third kappa shape index (κ3) is 64.8. The average Bonchev–Trinajstić information content (AvgIpc) is 3.72. The number of hydrogen-bond donors (Lipinski definition) is 3. The molecule has 0 fully saturated rings. The molecule has 0 rings (SSSR count). The van der Waals surface area contributed by atoms with Crippen LogP contribution in [0.5, 0.6) is 0 Å². The molecule has 0 aromatic heterocycles. The second-order valence-electron chi connectivity index (χ2n) is 26.6. The molecule has 0 saturated carbocycles. The number of carbonyl (C=O) groups is 4. The van der Waals surface area contributed by atoms with Crippen molar-refractivity contribution in [3.63, 3.8) is 0 Å². The van der Waals surface area contributed by atoms with Gasteiger partial charge in [-0.1, -0.05) is 311 Å². The highest BCUT2D eigenvalue weighted by Crippen LogP contribution is 2.45. The maximum absolute atomic E-state index is 13.0. The van der Waals surface area contributed by atoms with Crippen molar-refractivity contribution < 1.29 is 80.2 Å². The fourth-order valence-corrected chi connectivity index (χ4v) is 12.3. The lowest BCUT2D eigenvalue weighted by Crippen LogP contribution is -2.30. The van der Waals surface area contributed by atoms with Crippen LogP contribution < -0.4 is 0 Å². The summed E-state index contributed by atoms with van der Waals surface area (Å²) < 4.78 is 68.3. The van der Waals surface area contributed by atoms with Gasteiger partial charge in [-0.15, -0.1) is 0 Å². The van der Waals surface area contributed by atoms with Crippen LogP contribution in [-0.4, -0.2) is 96.7 Å². The van der Waals surface area contributed by atoms with Gasteiger partial charge < -0.3 is 33.8 Å². The molecule has 3 N–H and O–H groups in total. The summed E-state index contributed by atoms with van der Waals surface area (Å²) in [6.45, 7) is 9.52. The molecule has 2 unspecified atom stereocenters. The zero-order valence-corrected chi connectivity index (χ0v) is 60.2. The van der Waals surface area contributed by atoms with Gasteiger partial charge in [0.1, 0.15) is 19.3 Å². The van der Waals surface area contributed by atoms with E-state index in [4.69, 9.17) is 37.0 Å². The van der Waals surface area contributed by atoms with Crippen molar-refractivity contribution in [1.29, 1.82) is 0 Å². The van der Waals surface area contributed by atoms with E-state index in [1.807, 2.05) is 0 Å². The Bertz CT molecular complexity index is 1750. The maximum atomic E-state index is 13.0. The number of carbonyl (C=O) groups excluding carboxylic acids is 4. The first kappa shape index (κ1) is 88.1. The molecule has 534 valence electrons. The number of ether oxygens (including phenoxy) is 4. The minimum atomic E-state index is -4.95. The number of esters is 4. The van der Waals surface area contributed by atoms with Crippen LogP contribution in [-0.2, 0) is 65.4 Å². The highest BCUT2D eigenvalue weighted by Gasteiger charge is 2.30. The van der Waals surface area contributed by atoms with Crippen molar-refractivity contribution >= 4 is 39.5 Å². The Hall–Kier alpha value is -1.94. The van der Waals surface area contributed by atoms with E-state index in [2.05, 4.69) is 41.5 Å². The third-order valence-corrected chi connectivity index (χ3v) is 18.4. The van der Waals surface area contributed by atoms with Crippen LogP contribution in [0.1, 0.15) is 363 Å². The Labute approximate surface area is 549 Å². The molecule has 0 spiro atoms. The van der Waals surface area contributed by atoms with E-state index < -0.39 is 97.5 Å². The zero-order valence-electron chi connectivity index (χ0n) is 58.4. The summed E-state index contributed by atoms with van der Waals surface area (Å²) in [6.07, 6.45) is 48.4. The van der Waals surface area contributed by atoms with Crippen molar-refractivity contribution in [2.75, 3.05) is 39.6 Å². The Kier molecular flexibility index (Phi) is 61.8. The van der Waals surface area contributed by atoms with Crippen LogP contribution in [0.15, 0.2) is 0 Å². The second-order valence-corrected chi connectivity index (χ2v) is 29.5. The lowest BCUT2D eigenvalue weighted by Gasteiger charge is -2.21. The van der Waals surface area contributed by atoms with Gasteiger partial charge in [0.25, 0.3) is 0 Å². The highest BCUT2D eigenvalue weighted by atomic mass is 31.2. The molecule has 0 bridgehead atoms. The van der Waals surface area contributed by atoms with Gasteiger partial charge in [-0.2, -0.15) is 0 Å². The Balaban J connectivity index is 5.26. The highest BCUT2D eigenvalue weighted by molar-refractivity contribution is 7.47. The second kappa shape index (κ2) is 63.1. The first-order valence-electron chi connectivity index (χ1n) is 37.0. The van der Waals surface area contributed by atoms with Crippen molar-refractivity contribution in [3.05, 3.63) is 0 Å². The van der Waals surface area contributed by atoms with Crippen LogP contribution in [0, 0.1) is 11.8 Å². The summed E-state index contributed by atoms with van der Waals surface area (Å²) in [7, 11) is -9.90. The SMILES string of the molecule is CCCCCCCCCCCCCCCCC(=O)O[C@H](COC(=O)CCCCCCCCCCCC(C)C)COP(=O)(O)OC[C@@H](O)COP(=O)(O)OC[C@@H](COC(=O)CCCCCCCCCCCCCC)OC(=O)CCCCCCCCCCCC(C)C. The number of phosphoric acid groups is 2. The van der Waals surface area contributed by atoms with Gasteiger partial charge in [0.2, 0.25) is 0 Å². The van der Waals surface area contributed by atoms with Gasteiger partial charge in [0.15, 0.2) is 12.2 Å². The van der Waals surface area contributed by atoms with Crippen LogP contribution in [0.25, 0.3) is 0 Å². The number of aliphatic hydroxyl groups excluding tert-OH is 1. The van der Waals surface area contributed by atoms with E-state index >= 15 is 0 Å². The largest absolute Gasteiger partial charge is 0.472 e. The molecule has 0 saturated heterocycles. The number of phosphoric ester groups is 2. The smallest absolute Gasteiger partial charge is 0.462 e. The normalized spacial score (nSPS) is 14.1. The topological polar surface area (TPSA) is 237 Å². The van der Waals surface area contributed by atoms with E-state index in [0.717, 1.165) is 102 Å². The van der Waals surface area contributed by atoms with Crippen molar-refractivity contribution in [2.24, 2.45) is 11.8 Å². The lowest BCUT2D eigenvalue weighted by atomic mass is 10.0. The summed E-state index contributed by atoms with van der Waals surface area (Å²) in [4.78, 5) is 72.6. The summed E-state index contributed by atoms with van der Waals surface area (Å²) in [5, 5.41) is 10.6. The third-order valence-electron chi connectivity index (χ3n) is 16.5. The van der Waals surface area contributed by atoms with Crippen LogP contribution in [0.3, 0.4) is 0 Å². The number of rotatable bonds is 70. The van der Waals surface area contributed by atoms with Gasteiger partial charge in [0, 0.05) is 25.7 Å². The molecule has 5 atom stereocenters. The fourth-order valence-electron chi connectivity index (χ4n) is 10.8. The number of aliphatic hydroxyl groups is 1. The molecule has 19 heteroatoms.